The van der Waals surface area contributed by atoms with Crippen LogP contribution in [0, 0.1) is 0 Å². The monoisotopic (exact) mass is 391 g/mol. The van der Waals surface area contributed by atoms with E-state index in [0.29, 0.717) is 29.4 Å². The average molecular weight is 391 g/mol. The molecule has 0 saturated heterocycles. The molecule has 5 heteroatoms. The molecule has 0 aliphatic carbocycles. The Labute approximate surface area is 171 Å². The van der Waals surface area contributed by atoms with Crippen LogP contribution in [0.25, 0.3) is 0 Å². The minimum absolute atomic E-state index is 0.0422. The highest BCUT2D eigenvalue weighted by atomic mass is 16.5. The van der Waals surface area contributed by atoms with Crippen LogP contribution in [0.1, 0.15) is 23.5 Å². The highest BCUT2D eigenvalue weighted by Crippen LogP contribution is 2.40. The van der Waals surface area contributed by atoms with Gasteiger partial charge in [-0.15, -0.1) is 0 Å². The molecule has 1 N–H and O–H groups in total. The van der Waals surface area contributed by atoms with Gasteiger partial charge in [-0.1, -0.05) is 60.7 Å². The number of methoxy groups -OCH3 is 3. The molecule has 0 aliphatic heterocycles. The number of hydrogen-bond donors (Lipinski definition) is 1. The first-order valence-electron chi connectivity index (χ1n) is 9.36. The van der Waals surface area contributed by atoms with E-state index in [1.807, 2.05) is 60.7 Å². The lowest BCUT2D eigenvalue weighted by molar-refractivity contribution is -0.116. The predicted molar refractivity (Wildman–Crippen MR) is 114 cm³/mol. The molecule has 0 bridgehead atoms. The van der Waals surface area contributed by atoms with E-state index in [1.165, 1.54) is 0 Å². The van der Waals surface area contributed by atoms with Crippen molar-refractivity contribution in [3.05, 3.63) is 83.9 Å². The number of rotatable bonds is 8. The van der Waals surface area contributed by atoms with Gasteiger partial charge < -0.3 is 19.5 Å². The summed E-state index contributed by atoms with van der Waals surface area (Å²) in [7, 11) is 4.64. The van der Waals surface area contributed by atoms with Gasteiger partial charge >= 0.3 is 0 Å². The Kier molecular flexibility index (Phi) is 6.74. The zero-order chi connectivity index (χ0) is 20.6. The van der Waals surface area contributed by atoms with Gasteiger partial charge in [-0.3, -0.25) is 4.79 Å². The Hall–Kier alpha value is -3.47. The average Bonchev–Trinajstić information content (AvgIpc) is 2.77. The Balaban J connectivity index is 1.84. The molecule has 1 amide bonds. The second-order valence-corrected chi connectivity index (χ2v) is 6.54. The number of hydrogen-bond acceptors (Lipinski definition) is 4. The molecule has 0 aliphatic rings. The maximum Gasteiger partial charge on any atom is 0.225 e. The number of carbonyl (C=O) groups excluding carboxylic acids is 1. The quantitative estimate of drug-likeness (QED) is 0.595. The van der Waals surface area contributed by atoms with E-state index in [9.17, 15) is 4.79 Å². The molecule has 3 aromatic carbocycles. The van der Waals surface area contributed by atoms with Crippen molar-refractivity contribution in [1.82, 2.24) is 0 Å². The van der Waals surface area contributed by atoms with Crippen molar-refractivity contribution < 1.29 is 19.0 Å². The van der Waals surface area contributed by atoms with Crippen LogP contribution in [-0.4, -0.2) is 27.2 Å². The van der Waals surface area contributed by atoms with E-state index >= 15 is 0 Å². The molecular formula is C24H25NO4. The molecule has 0 atom stereocenters. The Morgan fingerprint density at radius 3 is 1.69 bits per heavy atom. The molecule has 0 saturated carbocycles. The van der Waals surface area contributed by atoms with Gasteiger partial charge in [0.15, 0.2) is 11.5 Å². The van der Waals surface area contributed by atoms with Gasteiger partial charge in [0.05, 0.1) is 21.3 Å². The van der Waals surface area contributed by atoms with Crippen LogP contribution in [0.5, 0.6) is 17.2 Å². The Bertz CT molecular complexity index is 877. The molecule has 0 fully saturated rings. The number of nitrogens with one attached hydrogen (secondary N) is 1. The molecule has 0 aromatic heterocycles. The summed E-state index contributed by atoms with van der Waals surface area (Å²) in [4.78, 5) is 12.9. The molecule has 3 rings (SSSR count). The van der Waals surface area contributed by atoms with E-state index in [1.54, 1.807) is 33.5 Å². The van der Waals surface area contributed by atoms with Crippen LogP contribution in [-0.2, 0) is 4.79 Å². The number of amides is 1. The molecule has 5 nitrogen and oxygen atoms in total. The van der Waals surface area contributed by atoms with Crippen molar-refractivity contribution in [2.45, 2.75) is 12.3 Å². The fourth-order valence-electron chi connectivity index (χ4n) is 3.35. The van der Waals surface area contributed by atoms with E-state index in [4.69, 9.17) is 14.2 Å². The molecule has 0 unspecified atom stereocenters. The first kappa shape index (κ1) is 20.3. The topological polar surface area (TPSA) is 56.8 Å². The van der Waals surface area contributed by atoms with Crippen molar-refractivity contribution >= 4 is 11.6 Å². The molecule has 0 radical (unpaired) electrons. The van der Waals surface area contributed by atoms with Gasteiger partial charge in [-0.05, 0) is 11.1 Å². The van der Waals surface area contributed by atoms with Crippen LogP contribution >= 0.6 is 0 Å². The first-order valence-corrected chi connectivity index (χ1v) is 9.36. The standard InChI is InChI=1S/C24H25NO4/c1-27-21-14-19(15-22(28-2)24(21)29-3)25-23(26)16-20(17-10-6-4-7-11-17)18-12-8-5-9-13-18/h4-15,20H,16H2,1-3H3,(H,25,26). The van der Waals surface area contributed by atoms with Gasteiger partial charge in [-0.25, -0.2) is 0 Å². The lowest BCUT2D eigenvalue weighted by Gasteiger charge is -2.19. The third-order valence-corrected chi connectivity index (χ3v) is 4.74. The summed E-state index contributed by atoms with van der Waals surface area (Å²) < 4.78 is 16.1. The van der Waals surface area contributed by atoms with Crippen molar-refractivity contribution in [1.29, 1.82) is 0 Å². The highest BCUT2D eigenvalue weighted by molar-refractivity contribution is 5.92. The molecule has 29 heavy (non-hydrogen) atoms. The Morgan fingerprint density at radius 2 is 1.28 bits per heavy atom. The molecule has 3 aromatic rings. The fraction of sp³-hybridized carbons (Fsp3) is 0.208. The Morgan fingerprint density at radius 1 is 0.793 bits per heavy atom. The van der Waals surface area contributed by atoms with Crippen LogP contribution < -0.4 is 19.5 Å². The van der Waals surface area contributed by atoms with Crippen LogP contribution in [0.4, 0.5) is 5.69 Å². The van der Waals surface area contributed by atoms with E-state index in [0.717, 1.165) is 11.1 Å². The molecule has 150 valence electrons. The maximum atomic E-state index is 12.9. The number of benzene rings is 3. The summed E-state index contributed by atoms with van der Waals surface area (Å²) in [5.74, 6) is 1.32. The van der Waals surface area contributed by atoms with E-state index in [-0.39, 0.29) is 11.8 Å². The van der Waals surface area contributed by atoms with Crippen molar-refractivity contribution in [3.63, 3.8) is 0 Å². The van der Waals surface area contributed by atoms with E-state index < -0.39 is 0 Å². The lowest BCUT2D eigenvalue weighted by atomic mass is 9.88. The zero-order valence-electron chi connectivity index (χ0n) is 16.8. The summed E-state index contributed by atoms with van der Waals surface area (Å²) in [6, 6.07) is 23.5. The second-order valence-electron chi connectivity index (χ2n) is 6.54. The van der Waals surface area contributed by atoms with Gasteiger partial charge in [0.2, 0.25) is 11.7 Å². The van der Waals surface area contributed by atoms with Crippen molar-refractivity contribution in [2.24, 2.45) is 0 Å². The number of anilines is 1. The SMILES string of the molecule is COc1cc(NC(=O)CC(c2ccccc2)c2ccccc2)cc(OC)c1OC. The largest absolute Gasteiger partial charge is 0.493 e. The van der Waals surface area contributed by atoms with Gasteiger partial charge in [0, 0.05) is 30.2 Å². The van der Waals surface area contributed by atoms with Crippen molar-refractivity contribution in [3.8, 4) is 17.2 Å². The highest BCUT2D eigenvalue weighted by Gasteiger charge is 2.19. The summed E-state index contributed by atoms with van der Waals surface area (Å²) in [5.41, 5.74) is 2.78. The van der Waals surface area contributed by atoms with Crippen molar-refractivity contribution in [2.75, 3.05) is 26.6 Å². The minimum Gasteiger partial charge on any atom is -0.493 e. The third kappa shape index (κ3) is 4.88. The van der Waals surface area contributed by atoms with Gasteiger partial charge in [-0.2, -0.15) is 0 Å². The molecule has 0 heterocycles. The van der Waals surface area contributed by atoms with Crippen LogP contribution in [0.3, 0.4) is 0 Å². The van der Waals surface area contributed by atoms with Gasteiger partial charge in [0.25, 0.3) is 0 Å². The fourth-order valence-corrected chi connectivity index (χ4v) is 3.35. The second kappa shape index (κ2) is 9.64. The lowest BCUT2D eigenvalue weighted by Crippen LogP contribution is -2.16. The number of ether oxygens (including phenoxy) is 3. The van der Waals surface area contributed by atoms with Gasteiger partial charge in [0.1, 0.15) is 0 Å². The normalized spacial score (nSPS) is 10.5. The predicted octanol–water partition coefficient (Wildman–Crippen LogP) is 4.87. The molecular weight excluding hydrogens is 366 g/mol. The summed E-state index contributed by atoms with van der Waals surface area (Å²) in [5, 5.41) is 2.96. The summed E-state index contributed by atoms with van der Waals surface area (Å²) >= 11 is 0. The van der Waals surface area contributed by atoms with Crippen LogP contribution in [0.15, 0.2) is 72.8 Å². The maximum absolute atomic E-state index is 12.9. The smallest absolute Gasteiger partial charge is 0.225 e. The number of carbonyl (C=O) groups is 1. The van der Waals surface area contributed by atoms with Crippen LogP contribution in [0.2, 0.25) is 0 Å². The molecule has 0 spiro atoms. The third-order valence-electron chi connectivity index (χ3n) is 4.74. The summed E-state index contributed by atoms with van der Waals surface area (Å²) in [6.45, 7) is 0. The van der Waals surface area contributed by atoms with E-state index in [2.05, 4.69) is 5.32 Å². The summed E-state index contributed by atoms with van der Waals surface area (Å²) in [6.07, 6.45) is 0.310. The first-order chi connectivity index (χ1) is 14.2. The minimum atomic E-state index is -0.100. The zero-order valence-corrected chi connectivity index (χ0v) is 16.8.